The summed E-state index contributed by atoms with van der Waals surface area (Å²) in [7, 11) is 1.26. The average Bonchev–Trinajstić information content (AvgIpc) is 4.28. The number of aliphatic imine (C=N–C) groups is 1. The van der Waals surface area contributed by atoms with Crippen LogP contribution in [0.1, 0.15) is 150 Å². The zero-order valence-corrected chi connectivity index (χ0v) is 48.1. The number of aromatic amines is 2. The Hall–Kier alpha value is -7.07. The molecule has 24 nitrogen and oxygen atoms in total. The van der Waals surface area contributed by atoms with E-state index in [4.69, 9.17) is 26.2 Å². The quantitative estimate of drug-likeness (QED) is 0.0264. The second kappa shape index (κ2) is 27.9. The summed E-state index contributed by atoms with van der Waals surface area (Å²) in [5, 5.41) is 23.3. The van der Waals surface area contributed by atoms with Crippen molar-refractivity contribution in [1.29, 1.82) is 0 Å². The fourth-order valence-corrected chi connectivity index (χ4v) is 11.2. The number of carbonyl (C=O) groups is 8. The molecular weight excluding hydrogens is 1120 g/mol. The zero-order valence-electron chi connectivity index (χ0n) is 46.5. The number of carboxylic acid groups (broad SMARTS) is 1. The normalized spacial score (nSPS) is 23.5. The molecule has 5 aliphatic heterocycles. The number of Topliss-reactive ketones (excluding diaryl/α,β-unsaturated/α-hetero) is 1. The summed E-state index contributed by atoms with van der Waals surface area (Å²) >= 11 is 0. The first-order valence-electron chi connectivity index (χ1n) is 27.2. The predicted molar refractivity (Wildman–Crippen MR) is 295 cm³/mol. The molecular formula is C55H76N14O10Pd+2. The summed E-state index contributed by atoms with van der Waals surface area (Å²) in [5.74, 6) is -7.04. The number of nitrogens with zero attached hydrogens (tertiary/aromatic N) is 5. The van der Waals surface area contributed by atoms with Crippen LogP contribution >= 0.6 is 0 Å². The van der Waals surface area contributed by atoms with Crippen LogP contribution < -0.4 is 38.1 Å². The Kier molecular flexibility index (Phi) is 21.7. The van der Waals surface area contributed by atoms with Crippen molar-refractivity contribution in [1.82, 2.24) is 56.3 Å². The van der Waals surface area contributed by atoms with Crippen LogP contribution in [0.4, 0.5) is 0 Å². The van der Waals surface area contributed by atoms with Crippen molar-refractivity contribution in [2.45, 2.75) is 122 Å². The van der Waals surface area contributed by atoms with Gasteiger partial charge >= 0.3 is 32.4 Å². The zero-order chi connectivity index (χ0) is 57.2. The molecule has 8 rings (SSSR count). The van der Waals surface area contributed by atoms with E-state index in [-0.39, 0.29) is 88.3 Å². The summed E-state index contributed by atoms with van der Waals surface area (Å²) in [6.07, 6.45) is 0.137. The van der Waals surface area contributed by atoms with Crippen LogP contribution in [0.15, 0.2) is 23.2 Å². The second-order valence-corrected chi connectivity index (χ2v) is 21.0. The number of methoxy groups -OCH3 is 1. The third kappa shape index (κ3) is 15.0. The number of esters is 1. The van der Waals surface area contributed by atoms with Gasteiger partial charge in [0.2, 0.25) is 23.6 Å². The molecule has 25 heteroatoms. The molecule has 0 spiro atoms. The molecule has 1 fully saturated rings. The first kappa shape index (κ1) is 62.1. The Morgan fingerprint density at radius 2 is 1.43 bits per heavy atom. The molecule has 5 aliphatic rings. The van der Waals surface area contributed by atoms with Crippen molar-refractivity contribution in [2.75, 3.05) is 72.6 Å². The van der Waals surface area contributed by atoms with Gasteiger partial charge in [-0.2, -0.15) is 0 Å². The summed E-state index contributed by atoms with van der Waals surface area (Å²) in [4.78, 5) is 135. The van der Waals surface area contributed by atoms with Crippen molar-refractivity contribution < 1.29 is 68.6 Å². The van der Waals surface area contributed by atoms with E-state index in [1.165, 1.54) is 14.0 Å². The van der Waals surface area contributed by atoms with Crippen LogP contribution in [0.25, 0.3) is 22.1 Å². The summed E-state index contributed by atoms with van der Waals surface area (Å²) < 4.78 is 5.31. The van der Waals surface area contributed by atoms with Gasteiger partial charge in [-0.05, 0) is 82.3 Å². The molecule has 0 aromatic carbocycles. The number of H-pyrrole nitrogens is 2. The van der Waals surface area contributed by atoms with Gasteiger partial charge in [-0.25, -0.2) is 0 Å². The Balaban J connectivity index is 0.0000103. The van der Waals surface area contributed by atoms with E-state index in [0.29, 0.717) is 94.9 Å². The van der Waals surface area contributed by atoms with Gasteiger partial charge in [0.1, 0.15) is 12.1 Å². The van der Waals surface area contributed by atoms with Crippen LogP contribution in [0.2, 0.25) is 0 Å². The number of ketones is 1. The number of nitrogens with two attached hydrogens (primary N) is 2. The molecule has 10 bridgehead atoms. The Morgan fingerprint density at radius 1 is 0.787 bits per heavy atom. The number of amides is 5. The maximum absolute atomic E-state index is 14.9. The average molecular weight is 1200 g/mol. The molecule has 0 saturated carbocycles. The van der Waals surface area contributed by atoms with Crippen LogP contribution in [0.5, 0.6) is 0 Å². The fraction of sp³-hybridized carbons (Fsp3) is 0.545. The molecule has 3 aromatic rings. The number of aliphatic carboxylic acids is 1. The second-order valence-electron chi connectivity index (χ2n) is 21.0. The SMILES string of the molecule is CC[C@H]1c2cc3[nH]c4c(CC(=O)OC)c5nc(cc6[nH]c(cc(n2)[C@@H]1C)c(C(C)=O)c6C)[C@@H](C)[C@@H]5CC(=O)NC(CCCN=C(N)N)C(=O)NCC(=O)NC(CC(=O)O)C(=O)NCCCN1CCN(CCNC(=O)c4c3C)CC1.[Pd+2]. The van der Waals surface area contributed by atoms with Gasteiger partial charge in [0.25, 0.3) is 5.91 Å². The van der Waals surface area contributed by atoms with E-state index < -0.39 is 78.4 Å². The fourth-order valence-electron chi connectivity index (χ4n) is 11.2. The van der Waals surface area contributed by atoms with Gasteiger partial charge in [0, 0.05) is 122 Å². The van der Waals surface area contributed by atoms with E-state index in [2.05, 4.69) is 65.2 Å². The number of fused-ring (bicyclic) bond motifs is 25. The molecule has 6 atom stereocenters. The Labute approximate surface area is 478 Å². The maximum atomic E-state index is 14.9. The first-order valence-corrected chi connectivity index (χ1v) is 27.2. The van der Waals surface area contributed by atoms with Crippen LogP contribution in [-0.2, 0) is 60.3 Å². The number of carboxylic acids is 1. The number of nitrogens with one attached hydrogen (secondary N) is 7. The van der Waals surface area contributed by atoms with Gasteiger partial charge in [0.15, 0.2) is 11.7 Å². The molecule has 12 N–H and O–H groups in total. The Bertz CT molecular complexity index is 3050. The number of aromatic nitrogens is 4. The van der Waals surface area contributed by atoms with Crippen LogP contribution in [0, 0.1) is 13.8 Å². The van der Waals surface area contributed by atoms with E-state index in [1.807, 2.05) is 39.0 Å². The van der Waals surface area contributed by atoms with Crippen molar-refractivity contribution in [2.24, 2.45) is 16.5 Å². The molecule has 5 amide bonds. The Morgan fingerprint density at radius 3 is 2.09 bits per heavy atom. The van der Waals surface area contributed by atoms with Gasteiger partial charge in [-0.1, -0.05) is 20.8 Å². The molecule has 434 valence electrons. The van der Waals surface area contributed by atoms with E-state index in [1.54, 1.807) is 0 Å². The topological polar surface area (TPSA) is 354 Å². The first-order chi connectivity index (χ1) is 37.7. The number of aryl methyl sites for hydroxylation is 2. The third-order valence-corrected chi connectivity index (χ3v) is 15.6. The minimum absolute atomic E-state index is 0. The molecule has 8 heterocycles. The smallest absolute Gasteiger partial charge is 0.481 e. The largest absolute Gasteiger partial charge is 2.00 e. The standard InChI is InChI=1S/C55H76N14O10.Pd/c1-8-33-28(2)37-25-42-48(32(6)70)30(4)39(63-42)23-38-29(3)34-21-44(71)64-36(11-9-12-60-55(56)57)52(76)61-27-45(72)65-43(26-46(73)74)53(77)58-13-10-15-68-17-19-69(20-18-68)16-14-59-54(78)49-31(5)40(24-41(33)62-37)67-51(49)35(50(34)66-38)22-47(75)79-7;/h23-25,28-29,33-34,36,43,63,67H,8-22,26-27H2,1-7H3,(H,58,77)(H,59,78)(H,61,76)(H,64,71)(H,65,72)(H,73,74)(H4,56,57,60);/q;+2/t28-,29+,33-,34+,36?,43?;/m1./s1. The molecule has 80 heavy (non-hydrogen) atoms. The molecule has 0 aliphatic carbocycles. The van der Waals surface area contributed by atoms with Crippen molar-refractivity contribution in [3.63, 3.8) is 0 Å². The monoisotopic (exact) mass is 1200 g/mol. The van der Waals surface area contributed by atoms with Gasteiger partial charge in [-0.3, -0.25) is 58.2 Å². The number of piperazine rings is 1. The number of hydrogen-bond donors (Lipinski definition) is 10. The number of rotatable bonds is 10. The maximum Gasteiger partial charge on any atom is 2.00 e. The molecule has 1 saturated heterocycles. The van der Waals surface area contributed by atoms with Crippen molar-refractivity contribution in [3.05, 3.63) is 68.8 Å². The molecule has 0 radical (unpaired) electrons. The van der Waals surface area contributed by atoms with E-state index >= 15 is 0 Å². The summed E-state index contributed by atoms with van der Waals surface area (Å²) in [5.41, 5.74) is 17.9. The van der Waals surface area contributed by atoms with Crippen LogP contribution in [-0.4, -0.2) is 173 Å². The van der Waals surface area contributed by atoms with Crippen molar-refractivity contribution in [3.8, 4) is 0 Å². The van der Waals surface area contributed by atoms with Gasteiger partial charge in [0.05, 0.1) is 48.8 Å². The minimum Gasteiger partial charge on any atom is -0.481 e. The minimum atomic E-state index is -1.44. The van der Waals surface area contributed by atoms with E-state index in [9.17, 15) is 43.5 Å². The molecule has 2 unspecified atom stereocenters. The molecule has 3 aromatic heterocycles. The predicted octanol–water partition coefficient (Wildman–Crippen LogP) is 1.90. The summed E-state index contributed by atoms with van der Waals surface area (Å²) in [6, 6.07) is 2.98. The number of guanidine groups is 1. The van der Waals surface area contributed by atoms with Gasteiger partial charge in [-0.15, -0.1) is 0 Å². The number of ether oxygens (including phenoxy) is 1. The third-order valence-electron chi connectivity index (χ3n) is 15.6. The van der Waals surface area contributed by atoms with Gasteiger partial charge < -0.3 is 62.8 Å². The summed E-state index contributed by atoms with van der Waals surface area (Å²) in [6.45, 7) is 15.3. The van der Waals surface area contributed by atoms with Crippen molar-refractivity contribution >= 4 is 75.3 Å². The number of carbonyl (C=O) groups excluding carboxylic acids is 7. The van der Waals surface area contributed by atoms with E-state index in [0.717, 1.165) is 30.9 Å². The van der Waals surface area contributed by atoms with Crippen LogP contribution in [0.3, 0.4) is 0 Å². The number of hydrogen-bond acceptors (Lipinski definition) is 14.